The lowest BCUT2D eigenvalue weighted by molar-refractivity contribution is -0.161. The lowest BCUT2D eigenvalue weighted by Crippen LogP contribution is -2.71. The number of amides is 2. The molecule has 2 saturated heterocycles. The number of halogens is 3. The van der Waals surface area contributed by atoms with Crippen LogP contribution in [-0.4, -0.2) is 53.8 Å². The molecule has 2 heterocycles. The Morgan fingerprint density at radius 2 is 1.95 bits per heavy atom. The van der Waals surface area contributed by atoms with Gasteiger partial charge in [-0.1, -0.05) is 34.8 Å². The number of thioether (sulfide) groups is 1. The molecule has 0 aromatic carbocycles. The normalized spacial score (nSPS) is 31.6. The molecule has 2 N–H and O–H groups in total. The molecule has 1 unspecified atom stereocenters. The van der Waals surface area contributed by atoms with Crippen LogP contribution in [0.3, 0.4) is 0 Å². The van der Waals surface area contributed by atoms with Crippen LogP contribution in [0.1, 0.15) is 13.8 Å². The number of β-lactam (4-membered cyclic amide) rings is 1. The number of nitrogens with one attached hydrogen (secondary N) is 1. The van der Waals surface area contributed by atoms with E-state index in [0.717, 1.165) is 0 Å². The maximum Gasteiger partial charge on any atom is 0.327 e. The first-order valence-electron chi connectivity index (χ1n) is 5.57. The minimum Gasteiger partial charge on any atom is -0.480 e. The van der Waals surface area contributed by atoms with Crippen molar-refractivity contribution in [2.24, 2.45) is 0 Å². The highest BCUT2D eigenvalue weighted by molar-refractivity contribution is 8.01. The van der Waals surface area contributed by atoms with Crippen molar-refractivity contribution in [3.05, 3.63) is 0 Å². The van der Waals surface area contributed by atoms with Gasteiger partial charge in [-0.15, -0.1) is 11.8 Å². The maximum atomic E-state index is 12.0. The molecule has 10 heteroatoms. The fraction of sp³-hybridized carbons (Fsp3) is 0.700. The quantitative estimate of drug-likeness (QED) is 0.566. The molecule has 2 fully saturated rings. The number of fused-ring (bicyclic) bond motifs is 1. The van der Waals surface area contributed by atoms with E-state index in [0.29, 0.717) is 0 Å². The van der Waals surface area contributed by atoms with E-state index < -0.39 is 43.8 Å². The molecule has 6 nitrogen and oxygen atoms in total. The summed E-state index contributed by atoms with van der Waals surface area (Å²) in [5.41, 5.74) is 0. The topological polar surface area (TPSA) is 86.7 Å². The van der Waals surface area contributed by atoms with Gasteiger partial charge >= 0.3 is 5.97 Å². The molecule has 0 spiro atoms. The van der Waals surface area contributed by atoms with Gasteiger partial charge in [0.25, 0.3) is 9.70 Å². The highest BCUT2D eigenvalue weighted by Crippen LogP contribution is 2.50. The van der Waals surface area contributed by atoms with E-state index in [1.165, 1.54) is 16.7 Å². The Morgan fingerprint density at radius 3 is 2.40 bits per heavy atom. The fourth-order valence-electron chi connectivity index (χ4n) is 2.37. The molecule has 3 atom stereocenters. The molecule has 20 heavy (non-hydrogen) atoms. The first-order valence-corrected chi connectivity index (χ1v) is 7.58. The van der Waals surface area contributed by atoms with Gasteiger partial charge in [-0.3, -0.25) is 9.59 Å². The van der Waals surface area contributed by atoms with Gasteiger partial charge < -0.3 is 15.3 Å². The zero-order valence-electron chi connectivity index (χ0n) is 10.4. The molecule has 2 aliphatic heterocycles. The van der Waals surface area contributed by atoms with Gasteiger partial charge in [0.05, 0.1) is 0 Å². The van der Waals surface area contributed by atoms with E-state index in [2.05, 4.69) is 5.32 Å². The van der Waals surface area contributed by atoms with Crippen molar-refractivity contribution in [2.75, 3.05) is 0 Å². The van der Waals surface area contributed by atoms with Gasteiger partial charge in [0, 0.05) is 4.75 Å². The highest BCUT2D eigenvalue weighted by atomic mass is 35.6. The monoisotopic (exact) mass is 360 g/mol. The van der Waals surface area contributed by atoms with Gasteiger partial charge in [-0.25, -0.2) is 4.79 Å². The predicted octanol–water partition coefficient (Wildman–Crippen LogP) is 0.988. The highest BCUT2D eigenvalue weighted by Gasteiger charge is 2.64. The van der Waals surface area contributed by atoms with Crippen molar-refractivity contribution in [1.82, 2.24) is 10.2 Å². The van der Waals surface area contributed by atoms with Gasteiger partial charge in [-0.2, -0.15) is 0 Å². The van der Waals surface area contributed by atoms with Crippen molar-refractivity contribution in [3.63, 3.8) is 0 Å². The lowest BCUT2D eigenvalue weighted by Gasteiger charge is -2.43. The minimum absolute atomic E-state index is 0.463. The molecule has 2 amide bonds. The number of carbonyl (C=O) groups is 3. The summed E-state index contributed by atoms with van der Waals surface area (Å²) in [6.45, 7) is 3.46. The second kappa shape index (κ2) is 4.83. The molecule has 0 aromatic rings. The van der Waals surface area contributed by atoms with Gasteiger partial charge in [0.1, 0.15) is 17.5 Å². The number of alkyl halides is 3. The Kier molecular flexibility index (Phi) is 3.86. The maximum absolute atomic E-state index is 12.0. The Labute approximate surface area is 134 Å². The fourth-order valence-corrected chi connectivity index (χ4v) is 4.16. The summed E-state index contributed by atoms with van der Waals surface area (Å²) in [5.74, 6) is -2.47. The van der Waals surface area contributed by atoms with Crippen molar-refractivity contribution in [2.45, 2.75) is 39.8 Å². The molecule has 0 aromatic heterocycles. The van der Waals surface area contributed by atoms with Crippen LogP contribution in [0, 0.1) is 0 Å². The number of hydrogen-bond acceptors (Lipinski definition) is 4. The summed E-state index contributed by atoms with van der Waals surface area (Å²) >= 11 is 17.6. The number of carboxylic acid groups (broad SMARTS) is 1. The largest absolute Gasteiger partial charge is 0.480 e. The number of rotatable bonds is 2. The average Bonchev–Trinajstić information content (AvgIpc) is 2.53. The van der Waals surface area contributed by atoms with Crippen molar-refractivity contribution >= 4 is 64.3 Å². The van der Waals surface area contributed by atoms with Crippen LogP contribution < -0.4 is 5.32 Å². The van der Waals surface area contributed by atoms with Crippen LogP contribution in [-0.2, 0) is 14.4 Å². The second-order valence-electron chi connectivity index (χ2n) is 5.05. The molecule has 2 aliphatic rings. The zero-order valence-corrected chi connectivity index (χ0v) is 13.5. The first kappa shape index (κ1) is 16.0. The molecular weight excluding hydrogens is 351 g/mol. The summed E-state index contributed by atoms with van der Waals surface area (Å²) in [4.78, 5) is 36.1. The Morgan fingerprint density at radius 1 is 1.40 bits per heavy atom. The van der Waals surface area contributed by atoms with Crippen molar-refractivity contribution < 1.29 is 19.5 Å². The lowest BCUT2D eigenvalue weighted by atomic mass is 9.96. The van der Waals surface area contributed by atoms with E-state index in [1.807, 2.05) is 0 Å². The third-order valence-electron chi connectivity index (χ3n) is 3.22. The van der Waals surface area contributed by atoms with Gasteiger partial charge in [0.2, 0.25) is 5.91 Å². The minimum atomic E-state index is -2.16. The molecule has 0 bridgehead atoms. The Bertz CT molecular complexity index is 493. The number of carbonyl (C=O) groups excluding carboxylic acids is 2. The standard InChI is InChI=1S/C10H11Cl3N2O4S/c1-9(2)4(7(17)18)15-5(16)3(6(15)20-9)14-8(19)10(11,12)13/h3-4,6H,1-2H3,(H,14,19)(H,17,18)/t3?,4-,6+/m0/s1. The number of hydrogen-bond donors (Lipinski definition) is 2. The van der Waals surface area contributed by atoms with Crippen LogP contribution in [0.15, 0.2) is 0 Å². The summed E-state index contributed by atoms with van der Waals surface area (Å²) < 4.78 is -2.82. The molecule has 0 aliphatic carbocycles. The SMILES string of the molecule is CC1(C)S[C@@H]2C(NC(=O)C(Cl)(Cl)Cl)C(=O)N2[C@H]1C(=O)O. The van der Waals surface area contributed by atoms with E-state index >= 15 is 0 Å². The van der Waals surface area contributed by atoms with E-state index in [1.54, 1.807) is 13.8 Å². The number of aliphatic carboxylic acids is 1. The summed E-state index contributed by atoms with van der Waals surface area (Å²) in [6.07, 6.45) is 0. The third kappa shape index (κ3) is 2.45. The molecule has 0 radical (unpaired) electrons. The summed E-state index contributed by atoms with van der Waals surface area (Å²) in [6, 6.07) is -1.81. The molecule has 112 valence electrons. The van der Waals surface area contributed by atoms with Crippen LogP contribution in [0.2, 0.25) is 0 Å². The third-order valence-corrected chi connectivity index (χ3v) is 5.31. The Hall–Kier alpha value is -0.370. The van der Waals surface area contributed by atoms with E-state index in [-0.39, 0.29) is 0 Å². The van der Waals surface area contributed by atoms with Crippen LogP contribution >= 0.6 is 46.6 Å². The molecule has 2 rings (SSSR count). The molecular formula is C10H11Cl3N2O4S. The van der Waals surface area contributed by atoms with Crippen LogP contribution in [0.4, 0.5) is 0 Å². The predicted molar refractivity (Wildman–Crippen MR) is 75.9 cm³/mol. The smallest absolute Gasteiger partial charge is 0.327 e. The van der Waals surface area contributed by atoms with Crippen LogP contribution in [0.25, 0.3) is 0 Å². The summed E-state index contributed by atoms with van der Waals surface area (Å²) in [5, 5.41) is 11.1. The second-order valence-corrected chi connectivity index (χ2v) is 9.10. The van der Waals surface area contributed by atoms with Gasteiger partial charge in [0.15, 0.2) is 0 Å². The van der Waals surface area contributed by atoms with Crippen LogP contribution in [0.5, 0.6) is 0 Å². The van der Waals surface area contributed by atoms with Crippen molar-refractivity contribution in [3.8, 4) is 0 Å². The number of nitrogens with zero attached hydrogens (tertiary/aromatic N) is 1. The Balaban J connectivity index is 2.15. The number of carboxylic acids is 1. The first-order chi connectivity index (χ1) is 8.97. The van der Waals surface area contributed by atoms with Gasteiger partial charge in [-0.05, 0) is 13.8 Å². The van der Waals surface area contributed by atoms with Crippen molar-refractivity contribution in [1.29, 1.82) is 0 Å². The van der Waals surface area contributed by atoms with E-state index in [9.17, 15) is 19.5 Å². The summed E-state index contributed by atoms with van der Waals surface area (Å²) in [7, 11) is 0. The van der Waals surface area contributed by atoms with E-state index in [4.69, 9.17) is 34.8 Å². The zero-order chi connectivity index (χ0) is 15.5. The molecule has 0 saturated carbocycles. The average molecular weight is 362 g/mol.